The minimum atomic E-state index is 0.402. The van der Waals surface area contributed by atoms with E-state index in [-0.39, 0.29) is 0 Å². The van der Waals surface area contributed by atoms with E-state index < -0.39 is 0 Å². The minimum Gasteiger partial charge on any atom is -0.377 e. The average Bonchev–Trinajstić information content (AvgIpc) is 2.45. The summed E-state index contributed by atoms with van der Waals surface area (Å²) in [5.74, 6) is 0. The lowest BCUT2D eigenvalue weighted by molar-refractivity contribution is 0.113. The second-order valence-electron chi connectivity index (χ2n) is 4.08. The highest BCUT2D eigenvalue weighted by Crippen LogP contribution is 2.12. The molecule has 78 valence electrons. The quantitative estimate of drug-likeness (QED) is 0.640. The van der Waals surface area contributed by atoms with Crippen molar-refractivity contribution in [2.45, 2.75) is 31.9 Å². The van der Waals surface area contributed by atoms with Crippen LogP contribution in [0.2, 0.25) is 0 Å². The van der Waals surface area contributed by atoms with Crippen molar-refractivity contribution in [3.63, 3.8) is 0 Å². The van der Waals surface area contributed by atoms with Gasteiger partial charge < -0.3 is 15.0 Å². The van der Waals surface area contributed by atoms with Crippen molar-refractivity contribution in [1.82, 2.24) is 10.2 Å². The van der Waals surface area contributed by atoms with Crippen molar-refractivity contribution < 1.29 is 4.74 Å². The molecule has 1 fully saturated rings. The van der Waals surface area contributed by atoms with E-state index in [1.54, 1.807) is 0 Å². The van der Waals surface area contributed by atoms with E-state index in [0.717, 1.165) is 19.7 Å². The number of nitrogens with one attached hydrogen (secondary N) is 1. The van der Waals surface area contributed by atoms with Crippen molar-refractivity contribution in [3.8, 4) is 0 Å². The topological polar surface area (TPSA) is 24.5 Å². The van der Waals surface area contributed by atoms with Crippen LogP contribution >= 0.6 is 0 Å². The normalized spacial score (nSPS) is 28.6. The summed E-state index contributed by atoms with van der Waals surface area (Å²) in [6.07, 6.45) is 2.79. The summed E-state index contributed by atoms with van der Waals surface area (Å²) in [4.78, 5) is 2.22. The molecule has 0 aromatic carbocycles. The van der Waals surface area contributed by atoms with Gasteiger partial charge in [-0.3, -0.25) is 0 Å². The smallest absolute Gasteiger partial charge is 0.0700 e. The molecule has 1 rings (SSSR count). The molecule has 0 spiro atoms. The average molecular weight is 186 g/mol. The molecule has 0 aromatic heterocycles. The van der Waals surface area contributed by atoms with Gasteiger partial charge >= 0.3 is 0 Å². The summed E-state index contributed by atoms with van der Waals surface area (Å²) < 4.78 is 5.47. The maximum absolute atomic E-state index is 5.47. The van der Waals surface area contributed by atoms with Crippen molar-refractivity contribution >= 4 is 0 Å². The molecule has 2 atom stereocenters. The van der Waals surface area contributed by atoms with Gasteiger partial charge in [-0.25, -0.2) is 0 Å². The zero-order valence-electron chi connectivity index (χ0n) is 9.05. The molecule has 1 aliphatic rings. The van der Waals surface area contributed by atoms with Crippen LogP contribution in [-0.4, -0.2) is 50.8 Å². The van der Waals surface area contributed by atoms with Crippen molar-refractivity contribution in [1.29, 1.82) is 0 Å². The Labute approximate surface area is 81.4 Å². The van der Waals surface area contributed by atoms with Crippen LogP contribution < -0.4 is 5.32 Å². The Bertz CT molecular complexity index is 139. The molecule has 0 bridgehead atoms. The standard InChI is InChI=1S/C10H22N2O/c1-9-10(5-8-13-9)11-6-4-7-12(2)3/h9-11H,4-8H2,1-3H3/t9-,10-/m1/s1. The first-order chi connectivity index (χ1) is 6.20. The predicted octanol–water partition coefficient (Wildman–Crippen LogP) is 0.705. The van der Waals surface area contributed by atoms with Gasteiger partial charge in [0.15, 0.2) is 0 Å². The lowest BCUT2D eigenvalue weighted by Crippen LogP contribution is -2.36. The van der Waals surface area contributed by atoms with E-state index in [1.807, 2.05) is 0 Å². The largest absolute Gasteiger partial charge is 0.377 e. The molecule has 3 nitrogen and oxygen atoms in total. The molecule has 1 heterocycles. The lowest BCUT2D eigenvalue weighted by Gasteiger charge is -2.16. The van der Waals surface area contributed by atoms with Crippen molar-refractivity contribution in [2.75, 3.05) is 33.8 Å². The summed E-state index contributed by atoms with van der Waals surface area (Å²) in [5.41, 5.74) is 0. The van der Waals surface area contributed by atoms with Crippen LogP contribution in [0.5, 0.6) is 0 Å². The third-order valence-electron chi connectivity index (χ3n) is 2.56. The van der Waals surface area contributed by atoms with Crippen LogP contribution in [-0.2, 0) is 4.74 Å². The lowest BCUT2D eigenvalue weighted by atomic mass is 10.1. The van der Waals surface area contributed by atoms with E-state index in [9.17, 15) is 0 Å². The predicted molar refractivity (Wildman–Crippen MR) is 55.0 cm³/mol. The molecule has 3 heteroatoms. The fourth-order valence-electron chi connectivity index (χ4n) is 1.68. The van der Waals surface area contributed by atoms with Gasteiger partial charge in [-0.15, -0.1) is 0 Å². The second kappa shape index (κ2) is 5.58. The zero-order valence-corrected chi connectivity index (χ0v) is 9.05. The Morgan fingerprint density at radius 1 is 1.46 bits per heavy atom. The van der Waals surface area contributed by atoms with Gasteiger partial charge in [-0.1, -0.05) is 0 Å². The molecule has 0 radical (unpaired) electrons. The van der Waals surface area contributed by atoms with Crippen LogP contribution in [0.4, 0.5) is 0 Å². The fourth-order valence-corrected chi connectivity index (χ4v) is 1.68. The Morgan fingerprint density at radius 2 is 2.23 bits per heavy atom. The van der Waals surface area contributed by atoms with Crippen molar-refractivity contribution in [2.24, 2.45) is 0 Å². The van der Waals surface area contributed by atoms with Crippen molar-refractivity contribution in [3.05, 3.63) is 0 Å². The van der Waals surface area contributed by atoms with Gasteiger partial charge in [0.2, 0.25) is 0 Å². The number of nitrogens with zero attached hydrogens (tertiary/aromatic N) is 1. The maximum atomic E-state index is 5.47. The van der Waals surface area contributed by atoms with Crippen LogP contribution in [0.1, 0.15) is 19.8 Å². The van der Waals surface area contributed by atoms with E-state index >= 15 is 0 Å². The first kappa shape index (κ1) is 11.0. The molecule has 1 saturated heterocycles. The number of ether oxygens (including phenoxy) is 1. The summed E-state index contributed by atoms with van der Waals surface area (Å²) >= 11 is 0. The SMILES string of the molecule is C[C@H]1OCC[C@H]1NCCCN(C)C. The molecule has 13 heavy (non-hydrogen) atoms. The van der Waals surface area contributed by atoms with E-state index in [4.69, 9.17) is 4.74 Å². The Kier molecular flexibility index (Phi) is 4.70. The van der Waals surface area contributed by atoms with Crippen LogP contribution in [0.3, 0.4) is 0 Å². The Morgan fingerprint density at radius 3 is 2.77 bits per heavy atom. The number of hydrogen-bond acceptors (Lipinski definition) is 3. The molecule has 0 amide bonds. The first-order valence-corrected chi connectivity index (χ1v) is 5.20. The third kappa shape index (κ3) is 4.07. The monoisotopic (exact) mass is 186 g/mol. The molecule has 0 saturated carbocycles. The van der Waals surface area contributed by atoms with Gasteiger partial charge in [0, 0.05) is 12.6 Å². The number of rotatable bonds is 5. The second-order valence-corrected chi connectivity index (χ2v) is 4.08. The molecular weight excluding hydrogens is 164 g/mol. The van der Waals surface area contributed by atoms with Gasteiger partial charge in [0.1, 0.15) is 0 Å². The molecule has 1 N–H and O–H groups in total. The highest BCUT2D eigenvalue weighted by Gasteiger charge is 2.22. The summed E-state index contributed by atoms with van der Waals surface area (Å²) in [5, 5.41) is 3.54. The molecule has 0 unspecified atom stereocenters. The van der Waals surface area contributed by atoms with E-state index in [0.29, 0.717) is 12.1 Å². The van der Waals surface area contributed by atoms with Crippen LogP contribution in [0, 0.1) is 0 Å². The highest BCUT2D eigenvalue weighted by atomic mass is 16.5. The van der Waals surface area contributed by atoms with Gasteiger partial charge in [0.25, 0.3) is 0 Å². The highest BCUT2D eigenvalue weighted by molar-refractivity contribution is 4.78. The molecule has 1 aliphatic heterocycles. The molecule has 0 aromatic rings. The molecule has 0 aliphatic carbocycles. The number of hydrogen-bond donors (Lipinski definition) is 1. The maximum Gasteiger partial charge on any atom is 0.0700 e. The minimum absolute atomic E-state index is 0.402. The zero-order chi connectivity index (χ0) is 9.68. The van der Waals surface area contributed by atoms with E-state index in [2.05, 4.69) is 31.2 Å². The van der Waals surface area contributed by atoms with Gasteiger partial charge in [0.05, 0.1) is 6.10 Å². The Balaban J connectivity index is 1.99. The fraction of sp³-hybridized carbons (Fsp3) is 1.00. The summed E-state index contributed by atoms with van der Waals surface area (Å²) in [7, 11) is 4.22. The van der Waals surface area contributed by atoms with Crippen LogP contribution in [0.15, 0.2) is 0 Å². The van der Waals surface area contributed by atoms with Crippen LogP contribution in [0.25, 0.3) is 0 Å². The van der Waals surface area contributed by atoms with E-state index in [1.165, 1.54) is 12.8 Å². The molecular formula is C10H22N2O. The summed E-state index contributed by atoms with van der Waals surface area (Å²) in [6.45, 7) is 5.34. The van der Waals surface area contributed by atoms with Gasteiger partial charge in [-0.05, 0) is 47.0 Å². The first-order valence-electron chi connectivity index (χ1n) is 5.20. The third-order valence-corrected chi connectivity index (χ3v) is 2.56. The Hall–Kier alpha value is -0.120. The van der Waals surface area contributed by atoms with Gasteiger partial charge in [-0.2, -0.15) is 0 Å². The summed E-state index contributed by atoms with van der Waals surface area (Å²) in [6, 6.07) is 0.585.